The van der Waals surface area contributed by atoms with Crippen molar-refractivity contribution in [2.45, 2.75) is 26.3 Å². The summed E-state index contributed by atoms with van der Waals surface area (Å²) in [6, 6.07) is 10.4. The molecular formula is C21H22ClN5O4. The molecule has 0 bridgehead atoms. The van der Waals surface area contributed by atoms with Crippen molar-refractivity contribution < 1.29 is 14.7 Å². The number of nitrogens with zero attached hydrogens (tertiary/aromatic N) is 2. The summed E-state index contributed by atoms with van der Waals surface area (Å²) in [6.07, 6.45) is -0.452. The molecule has 31 heavy (non-hydrogen) atoms. The van der Waals surface area contributed by atoms with Gasteiger partial charge in [0.15, 0.2) is 0 Å². The van der Waals surface area contributed by atoms with Crippen LogP contribution in [0.2, 0.25) is 5.02 Å². The molecule has 3 rings (SSSR count). The van der Waals surface area contributed by atoms with E-state index in [1.807, 2.05) is 6.92 Å². The largest absolute Gasteiger partial charge is 0.465 e. The molecule has 3 amide bonds. The minimum Gasteiger partial charge on any atom is -0.465 e. The number of nitrogens with one attached hydrogen (secondary N) is 3. The quantitative estimate of drug-likeness (QED) is 0.459. The number of urea groups is 1. The van der Waals surface area contributed by atoms with Crippen LogP contribution in [0.25, 0.3) is 16.6 Å². The maximum Gasteiger partial charge on any atom is 0.405 e. The second-order valence-corrected chi connectivity index (χ2v) is 7.25. The van der Waals surface area contributed by atoms with Gasteiger partial charge in [0.1, 0.15) is 5.82 Å². The number of rotatable bonds is 6. The van der Waals surface area contributed by atoms with Crippen molar-refractivity contribution in [2.75, 3.05) is 11.9 Å². The number of aromatic nitrogens is 2. The fourth-order valence-electron chi connectivity index (χ4n) is 3.13. The molecule has 10 heteroatoms. The van der Waals surface area contributed by atoms with Gasteiger partial charge in [0.05, 0.1) is 27.7 Å². The Hall–Kier alpha value is -3.59. The first kappa shape index (κ1) is 22.1. The Balaban J connectivity index is 2.16. The van der Waals surface area contributed by atoms with Gasteiger partial charge < -0.3 is 21.1 Å². The van der Waals surface area contributed by atoms with Gasteiger partial charge in [-0.15, -0.1) is 0 Å². The first-order valence-electron chi connectivity index (χ1n) is 9.67. The Morgan fingerprint density at radius 3 is 2.68 bits per heavy atom. The van der Waals surface area contributed by atoms with Crippen molar-refractivity contribution in [1.29, 1.82) is 0 Å². The number of fused-ring (bicyclic) bond motifs is 1. The highest BCUT2D eigenvalue weighted by Crippen LogP contribution is 2.24. The average Bonchev–Trinajstić information content (AvgIpc) is 2.71. The van der Waals surface area contributed by atoms with Gasteiger partial charge in [-0.2, -0.15) is 0 Å². The topological polar surface area (TPSA) is 125 Å². The lowest BCUT2D eigenvalue weighted by Crippen LogP contribution is -2.32. The number of hydrogen-bond acceptors (Lipinski definition) is 4. The van der Waals surface area contributed by atoms with E-state index in [9.17, 15) is 14.4 Å². The number of anilines is 1. The monoisotopic (exact) mass is 443 g/mol. The summed E-state index contributed by atoms with van der Waals surface area (Å²) < 4.78 is 1.30. The van der Waals surface area contributed by atoms with E-state index in [0.717, 1.165) is 6.42 Å². The van der Waals surface area contributed by atoms with E-state index in [1.165, 1.54) is 4.57 Å². The first-order valence-corrected chi connectivity index (χ1v) is 10.1. The zero-order chi connectivity index (χ0) is 22.5. The minimum absolute atomic E-state index is 0.190. The summed E-state index contributed by atoms with van der Waals surface area (Å²) in [5.41, 5.74) is 0.775. The van der Waals surface area contributed by atoms with Crippen LogP contribution in [0, 0.1) is 0 Å². The van der Waals surface area contributed by atoms with Crippen LogP contribution >= 0.6 is 11.6 Å². The summed E-state index contributed by atoms with van der Waals surface area (Å²) in [6.45, 7) is 4.06. The van der Waals surface area contributed by atoms with Crippen molar-refractivity contribution in [1.82, 2.24) is 20.2 Å². The van der Waals surface area contributed by atoms with Crippen LogP contribution in [0.4, 0.5) is 15.3 Å². The van der Waals surface area contributed by atoms with Gasteiger partial charge in [-0.05, 0) is 43.7 Å². The third-order valence-electron chi connectivity index (χ3n) is 4.50. The van der Waals surface area contributed by atoms with Gasteiger partial charge in [0, 0.05) is 12.2 Å². The molecule has 0 aliphatic rings. The van der Waals surface area contributed by atoms with Crippen LogP contribution in [-0.4, -0.2) is 33.3 Å². The fourth-order valence-corrected chi connectivity index (χ4v) is 3.38. The van der Waals surface area contributed by atoms with Crippen LogP contribution < -0.4 is 21.5 Å². The molecular weight excluding hydrogens is 422 g/mol. The summed E-state index contributed by atoms with van der Waals surface area (Å²) >= 11 is 6.26. The number of carbonyl (C=O) groups is 2. The third kappa shape index (κ3) is 4.95. The molecule has 1 heterocycles. The first-order chi connectivity index (χ1) is 14.8. The zero-order valence-corrected chi connectivity index (χ0v) is 17.7. The van der Waals surface area contributed by atoms with Crippen LogP contribution in [0.1, 0.15) is 32.1 Å². The molecule has 2 aromatic carbocycles. The third-order valence-corrected chi connectivity index (χ3v) is 4.81. The zero-order valence-electron chi connectivity index (χ0n) is 17.0. The molecule has 4 N–H and O–H groups in total. The molecule has 0 spiro atoms. The lowest BCUT2D eigenvalue weighted by molar-refractivity contribution is 0.190. The van der Waals surface area contributed by atoms with Crippen molar-refractivity contribution in [2.24, 2.45) is 0 Å². The summed E-state index contributed by atoms with van der Waals surface area (Å²) in [4.78, 5) is 41.1. The molecule has 162 valence electrons. The van der Waals surface area contributed by atoms with Crippen LogP contribution in [0.5, 0.6) is 0 Å². The summed E-state index contributed by atoms with van der Waals surface area (Å²) in [5.74, 6) is 0.190. The molecule has 0 saturated heterocycles. The maximum absolute atomic E-state index is 13.4. The van der Waals surface area contributed by atoms with Crippen LogP contribution in [0.15, 0.2) is 47.3 Å². The lowest BCUT2D eigenvalue weighted by Gasteiger charge is -2.19. The van der Waals surface area contributed by atoms with Gasteiger partial charge in [-0.25, -0.2) is 14.6 Å². The smallest absolute Gasteiger partial charge is 0.405 e. The van der Waals surface area contributed by atoms with Crippen molar-refractivity contribution >= 4 is 40.3 Å². The van der Waals surface area contributed by atoms with Crippen molar-refractivity contribution in [3.05, 3.63) is 63.7 Å². The Morgan fingerprint density at radius 2 is 1.97 bits per heavy atom. The molecule has 1 unspecified atom stereocenters. The second-order valence-electron chi connectivity index (χ2n) is 6.85. The van der Waals surface area contributed by atoms with Gasteiger partial charge in [-0.3, -0.25) is 9.36 Å². The van der Waals surface area contributed by atoms with Gasteiger partial charge >= 0.3 is 12.1 Å². The predicted octanol–water partition coefficient (Wildman–Crippen LogP) is 3.90. The molecule has 0 radical (unpaired) electrons. The number of benzene rings is 2. The maximum atomic E-state index is 13.4. The van der Waals surface area contributed by atoms with E-state index >= 15 is 0 Å². The molecule has 0 fully saturated rings. The van der Waals surface area contributed by atoms with Crippen LogP contribution in [0.3, 0.4) is 0 Å². The van der Waals surface area contributed by atoms with E-state index in [0.29, 0.717) is 23.4 Å². The standard InChI is InChI=1S/C21H22ClN5O4/c1-3-10-23-20(29)25-13-6-4-7-14(11-13)27-18(12(2)24-21(30)31)26-16-9-5-8-15(22)17(16)19(27)28/h4-9,11-12,24H,3,10H2,1-2H3,(H,30,31)(H2,23,25,29). The predicted molar refractivity (Wildman–Crippen MR) is 119 cm³/mol. The number of carboxylic acid groups (broad SMARTS) is 1. The lowest BCUT2D eigenvalue weighted by atomic mass is 10.2. The average molecular weight is 444 g/mol. The Labute approximate surface area is 183 Å². The number of hydrogen-bond donors (Lipinski definition) is 4. The van der Waals surface area contributed by atoms with E-state index in [2.05, 4.69) is 20.9 Å². The fraction of sp³-hybridized carbons (Fsp3) is 0.238. The van der Waals surface area contributed by atoms with Gasteiger partial charge in [0.2, 0.25) is 0 Å². The number of halogens is 1. The highest BCUT2D eigenvalue weighted by atomic mass is 35.5. The molecule has 0 aliphatic carbocycles. The number of amides is 3. The van der Waals surface area contributed by atoms with Crippen LogP contribution in [-0.2, 0) is 0 Å². The number of carbonyl (C=O) groups excluding carboxylic acids is 1. The Kier molecular flexibility index (Phi) is 6.76. The van der Waals surface area contributed by atoms with E-state index < -0.39 is 17.7 Å². The molecule has 1 atom stereocenters. The summed E-state index contributed by atoms with van der Waals surface area (Å²) in [5, 5.41) is 17.4. The molecule has 9 nitrogen and oxygen atoms in total. The van der Waals surface area contributed by atoms with Crippen molar-refractivity contribution in [3.63, 3.8) is 0 Å². The SMILES string of the molecule is CCCNC(=O)Nc1cccc(-n2c(C(C)NC(=O)O)nc3cccc(Cl)c3c2=O)c1. The van der Waals surface area contributed by atoms with Gasteiger partial charge in [0.25, 0.3) is 5.56 Å². The molecule has 0 saturated carbocycles. The van der Waals surface area contributed by atoms with E-state index in [1.54, 1.807) is 49.4 Å². The second kappa shape index (κ2) is 9.48. The van der Waals surface area contributed by atoms with Crippen molar-refractivity contribution in [3.8, 4) is 5.69 Å². The van der Waals surface area contributed by atoms with Gasteiger partial charge in [-0.1, -0.05) is 30.7 Å². The Bertz CT molecular complexity index is 1190. The Morgan fingerprint density at radius 1 is 1.23 bits per heavy atom. The van der Waals surface area contributed by atoms with E-state index in [4.69, 9.17) is 16.7 Å². The minimum atomic E-state index is -1.25. The van der Waals surface area contributed by atoms with E-state index in [-0.39, 0.29) is 22.3 Å². The highest BCUT2D eigenvalue weighted by molar-refractivity contribution is 6.35. The summed E-state index contributed by atoms with van der Waals surface area (Å²) in [7, 11) is 0. The highest BCUT2D eigenvalue weighted by Gasteiger charge is 2.20. The molecule has 1 aromatic heterocycles. The molecule has 0 aliphatic heterocycles. The molecule has 3 aromatic rings. The normalized spacial score (nSPS) is 11.7.